The minimum absolute atomic E-state index is 0.0752. The Kier molecular flexibility index (Phi) is 3.66. The van der Waals surface area contributed by atoms with Gasteiger partial charge in [-0.3, -0.25) is 0 Å². The quantitative estimate of drug-likeness (QED) is 0.893. The average molecular weight is 253 g/mol. The lowest BCUT2D eigenvalue weighted by atomic mass is 10.1. The minimum Gasteiger partial charge on any atom is -0.496 e. The molecule has 0 spiro atoms. The summed E-state index contributed by atoms with van der Waals surface area (Å²) < 4.78 is 10.7. The van der Waals surface area contributed by atoms with E-state index in [1.54, 1.807) is 7.11 Å². The molecule has 1 aromatic carbocycles. The lowest BCUT2D eigenvalue weighted by Gasteiger charge is -2.40. The van der Waals surface area contributed by atoms with E-state index in [9.17, 15) is 0 Å². The number of rotatable bonds is 4. The second kappa shape index (κ2) is 4.88. The maximum absolute atomic E-state index is 5.84. The van der Waals surface area contributed by atoms with Crippen LogP contribution < -0.4 is 10.5 Å². The molecule has 0 aliphatic carbocycles. The van der Waals surface area contributed by atoms with Gasteiger partial charge in [-0.05, 0) is 37.1 Å². The average Bonchev–Trinajstić information content (AvgIpc) is 2.27. The summed E-state index contributed by atoms with van der Waals surface area (Å²) in [6, 6.07) is 4.26. The van der Waals surface area contributed by atoms with Crippen molar-refractivity contribution in [3.63, 3.8) is 0 Å². The van der Waals surface area contributed by atoms with E-state index in [2.05, 4.69) is 26.0 Å². The van der Waals surface area contributed by atoms with Gasteiger partial charge in [0, 0.05) is 11.4 Å². The van der Waals surface area contributed by atoms with E-state index in [-0.39, 0.29) is 4.75 Å². The molecule has 0 saturated carbocycles. The third kappa shape index (κ3) is 2.44. The van der Waals surface area contributed by atoms with Gasteiger partial charge in [-0.1, -0.05) is 0 Å². The molecule has 3 nitrogen and oxygen atoms in total. The second-order valence-corrected chi connectivity index (χ2v) is 6.08. The number of methoxy groups -OCH3 is 1. The molecule has 1 saturated heterocycles. The van der Waals surface area contributed by atoms with Crippen molar-refractivity contribution in [2.45, 2.75) is 23.5 Å². The first-order valence-corrected chi connectivity index (χ1v) is 6.54. The van der Waals surface area contributed by atoms with Gasteiger partial charge >= 0.3 is 0 Å². The molecular formula is C13H19NO2S. The standard InChI is InChI=1S/C13H19NO2S/c1-9-5-12(10(2)4-11(9)15-3)17-13(6-14)7-16-8-13/h4-5H,6-8,14H2,1-3H3. The summed E-state index contributed by atoms with van der Waals surface area (Å²) in [6.07, 6.45) is 0. The Hall–Kier alpha value is -0.710. The van der Waals surface area contributed by atoms with Crippen molar-refractivity contribution in [1.29, 1.82) is 0 Å². The molecule has 1 aromatic rings. The van der Waals surface area contributed by atoms with Crippen molar-refractivity contribution in [2.24, 2.45) is 5.73 Å². The Morgan fingerprint density at radius 3 is 2.53 bits per heavy atom. The first-order valence-electron chi connectivity index (χ1n) is 5.72. The van der Waals surface area contributed by atoms with Crippen LogP contribution >= 0.6 is 11.8 Å². The van der Waals surface area contributed by atoms with Crippen molar-refractivity contribution >= 4 is 11.8 Å². The Morgan fingerprint density at radius 1 is 1.35 bits per heavy atom. The number of hydrogen-bond donors (Lipinski definition) is 1. The van der Waals surface area contributed by atoms with Crippen molar-refractivity contribution in [3.8, 4) is 5.75 Å². The van der Waals surface area contributed by atoms with Crippen LogP contribution in [0.1, 0.15) is 11.1 Å². The number of aryl methyl sites for hydroxylation is 2. The number of hydrogen-bond acceptors (Lipinski definition) is 4. The first-order chi connectivity index (χ1) is 8.10. The summed E-state index contributed by atoms with van der Waals surface area (Å²) >= 11 is 1.83. The van der Waals surface area contributed by atoms with Gasteiger partial charge in [0.15, 0.2) is 0 Å². The summed E-state index contributed by atoms with van der Waals surface area (Å²) in [4.78, 5) is 1.28. The smallest absolute Gasteiger partial charge is 0.122 e. The summed E-state index contributed by atoms with van der Waals surface area (Å²) in [5, 5.41) is 0. The van der Waals surface area contributed by atoms with E-state index in [4.69, 9.17) is 15.2 Å². The van der Waals surface area contributed by atoms with Gasteiger partial charge in [-0.15, -0.1) is 11.8 Å². The maximum atomic E-state index is 5.84. The SMILES string of the molecule is COc1cc(C)c(SC2(CN)COC2)cc1C. The molecule has 1 aliphatic heterocycles. The van der Waals surface area contributed by atoms with Crippen molar-refractivity contribution < 1.29 is 9.47 Å². The molecule has 4 heteroatoms. The molecule has 2 N–H and O–H groups in total. The van der Waals surface area contributed by atoms with Gasteiger partial charge in [0.1, 0.15) is 5.75 Å². The van der Waals surface area contributed by atoms with Crippen LogP contribution in [0.4, 0.5) is 0 Å². The van der Waals surface area contributed by atoms with Gasteiger partial charge in [0.25, 0.3) is 0 Å². The largest absolute Gasteiger partial charge is 0.496 e. The number of benzene rings is 1. The molecular weight excluding hydrogens is 234 g/mol. The van der Waals surface area contributed by atoms with Crippen molar-refractivity contribution in [1.82, 2.24) is 0 Å². The van der Waals surface area contributed by atoms with Crippen LogP contribution in [0.25, 0.3) is 0 Å². The molecule has 94 valence electrons. The third-order valence-corrected chi connectivity index (χ3v) is 4.62. The molecule has 0 bridgehead atoms. The molecule has 0 atom stereocenters. The van der Waals surface area contributed by atoms with Crippen LogP contribution in [0.3, 0.4) is 0 Å². The Balaban J connectivity index is 2.24. The van der Waals surface area contributed by atoms with Gasteiger partial charge in [0.2, 0.25) is 0 Å². The second-order valence-electron chi connectivity index (χ2n) is 4.57. The fourth-order valence-electron chi connectivity index (χ4n) is 1.87. The number of nitrogens with two attached hydrogens (primary N) is 1. The monoisotopic (exact) mass is 253 g/mol. The molecule has 17 heavy (non-hydrogen) atoms. The molecule has 0 amide bonds. The number of thioether (sulfide) groups is 1. The van der Waals surface area contributed by atoms with E-state index >= 15 is 0 Å². The lowest BCUT2D eigenvalue weighted by molar-refractivity contribution is -0.00435. The van der Waals surface area contributed by atoms with Crippen LogP contribution in [-0.4, -0.2) is 31.6 Å². The highest BCUT2D eigenvalue weighted by Gasteiger charge is 2.38. The fourth-order valence-corrected chi connectivity index (χ4v) is 3.16. The summed E-state index contributed by atoms with van der Waals surface area (Å²) in [5.74, 6) is 0.943. The van der Waals surface area contributed by atoms with E-state index in [1.807, 2.05) is 11.8 Å². The molecule has 0 aromatic heterocycles. The van der Waals surface area contributed by atoms with Crippen LogP contribution in [-0.2, 0) is 4.74 Å². The Morgan fingerprint density at radius 2 is 2.06 bits per heavy atom. The van der Waals surface area contributed by atoms with Gasteiger partial charge in [-0.25, -0.2) is 0 Å². The highest BCUT2D eigenvalue weighted by molar-refractivity contribution is 8.00. The van der Waals surface area contributed by atoms with Crippen LogP contribution in [0.15, 0.2) is 17.0 Å². The Labute approximate surface area is 107 Å². The normalized spacial score (nSPS) is 17.6. The lowest BCUT2D eigenvalue weighted by Crippen LogP contribution is -2.52. The predicted octanol–water partition coefficient (Wildman–Crippen LogP) is 2.13. The van der Waals surface area contributed by atoms with E-state index in [1.165, 1.54) is 10.5 Å². The van der Waals surface area contributed by atoms with Crippen molar-refractivity contribution in [3.05, 3.63) is 23.3 Å². The Bertz CT molecular complexity index is 411. The fraction of sp³-hybridized carbons (Fsp3) is 0.538. The van der Waals surface area contributed by atoms with E-state index < -0.39 is 0 Å². The molecule has 1 aliphatic rings. The maximum Gasteiger partial charge on any atom is 0.122 e. The van der Waals surface area contributed by atoms with Crippen LogP contribution in [0, 0.1) is 13.8 Å². The summed E-state index contributed by atoms with van der Waals surface area (Å²) in [5.41, 5.74) is 8.23. The summed E-state index contributed by atoms with van der Waals surface area (Å²) in [6.45, 7) is 6.32. The number of ether oxygens (including phenoxy) is 2. The zero-order valence-electron chi connectivity index (χ0n) is 10.6. The minimum atomic E-state index is 0.0752. The van der Waals surface area contributed by atoms with Crippen molar-refractivity contribution in [2.75, 3.05) is 26.9 Å². The predicted molar refractivity (Wildman–Crippen MR) is 70.9 cm³/mol. The summed E-state index contributed by atoms with van der Waals surface area (Å²) in [7, 11) is 1.70. The molecule has 1 fully saturated rings. The first kappa shape index (κ1) is 12.7. The van der Waals surface area contributed by atoms with Gasteiger partial charge in [-0.2, -0.15) is 0 Å². The molecule has 2 rings (SSSR count). The zero-order valence-corrected chi connectivity index (χ0v) is 11.4. The third-order valence-electron chi connectivity index (χ3n) is 3.12. The van der Waals surface area contributed by atoms with E-state index in [0.717, 1.165) is 24.5 Å². The highest BCUT2D eigenvalue weighted by Crippen LogP contribution is 2.41. The van der Waals surface area contributed by atoms with Crippen LogP contribution in [0.5, 0.6) is 5.75 Å². The molecule has 0 radical (unpaired) electrons. The van der Waals surface area contributed by atoms with Crippen LogP contribution in [0.2, 0.25) is 0 Å². The van der Waals surface area contributed by atoms with E-state index in [0.29, 0.717) is 6.54 Å². The molecule has 0 unspecified atom stereocenters. The zero-order chi connectivity index (χ0) is 12.5. The van der Waals surface area contributed by atoms with Gasteiger partial charge < -0.3 is 15.2 Å². The molecule has 1 heterocycles. The topological polar surface area (TPSA) is 44.5 Å². The highest BCUT2D eigenvalue weighted by atomic mass is 32.2. The van der Waals surface area contributed by atoms with Gasteiger partial charge in [0.05, 0.1) is 25.1 Å².